The van der Waals surface area contributed by atoms with E-state index in [1.54, 1.807) is 24.3 Å². The molecule has 0 unspecified atom stereocenters. The van der Waals surface area contributed by atoms with E-state index >= 15 is 0 Å². The third-order valence-electron chi connectivity index (χ3n) is 5.61. The molecule has 4 rings (SSSR count). The number of benzene rings is 2. The lowest BCUT2D eigenvalue weighted by Crippen LogP contribution is -2.29. The van der Waals surface area contributed by atoms with Crippen LogP contribution in [-0.4, -0.2) is 61.3 Å². The van der Waals surface area contributed by atoms with Crippen LogP contribution in [0.4, 0.5) is 18.9 Å². The van der Waals surface area contributed by atoms with Crippen molar-refractivity contribution in [2.75, 3.05) is 31.8 Å². The fraction of sp³-hybridized carbons (Fsp3) is 0.292. The number of nitrogens with one attached hydrogen (secondary N) is 1. The molecule has 3 aromatic rings. The molecule has 1 aliphatic heterocycles. The highest BCUT2D eigenvalue weighted by Gasteiger charge is 2.36. The largest absolute Gasteiger partial charge is 0.497 e. The molecule has 2 heterocycles. The van der Waals surface area contributed by atoms with Gasteiger partial charge in [-0.3, -0.25) is 4.79 Å². The van der Waals surface area contributed by atoms with Crippen LogP contribution in [0.25, 0.3) is 5.69 Å². The summed E-state index contributed by atoms with van der Waals surface area (Å²) in [7, 11) is -2.20. The summed E-state index contributed by atoms with van der Waals surface area (Å²) in [5.74, 6) is -0.00725. The molecule has 1 saturated heterocycles. The number of hydrogen-bond acceptors (Lipinski definition) is 5. The average Bonchev–Trinajstić information content (AvgIpc) is 3.53. The second-order valence-corrected chi connectivity index (χ2v) is 10.0. The minimum atomic E-state index is -4.75. The summed E-state index contributed by atoms with van der Waals surface area (Å²) in [6.07, 6.45) is -1.91. The van der Waals surface area contributed by atoms with Crippen LogP contribution >= 0.6 is 0 Å². The van der Waals surface area contributed by atoms with Crippen LogP contribution in [0.2, 0.25) is 0 Å². The Bertz CT molecular complexity index is 1410. The predicted octanol–water partition coefficient (Wildman–Crippen LogP) is 3.95. The number of carbonyl (C=O) groups excluding carboxylic acids is 1. The summed E-state index contributed by atoms with van der Waals surface area (Å²) in [5.41, 5.74) is -0.462. The van der Waals surface area contributed by atoms with Crippen molar-refractivity contribution < 1.29 is 31.1 Å². The zero-order valence-corrected chi connectivity index (χ0v) is 20.8. The summed E-state index contributed by atoms with van der Waals surface area (Å²) in [4.78, 5) is 14.9. The van der Waals surface area contributed by atoms with Crippen molar-refractivity contribution in [1.82, 2.24) is 14.7 Å². The van der Waals surface area contributed by atoms with E-state index in [2.05, 4.69) is 14.8 Å². The average molecular weight is 536 g/mol. The van der Waals surface area contributed by atoms with E-state index in [0.29, 0.717) is 42.0 Å². The van der Waals surface area contributed by atoms with Gasteiger partial charge in [-0.15, -0.1) is 4.40 Å². The molecule has 196 valence electrons. The van der Waals surface area contributed by atoms with Crippen molar-refractivity contribution in [2.24, 2.45) is 4.40 Å². The zero-order chi connectivity index (χ0) is 26.8. The van der Waals surface area contributed by atoms with Gasteiger partial charge in [0.2, 0.25) is 0 Å². The number of amidine groups is 1. The molecule has 9 nitrogen and oxygen atoms in total. The Hall–Kier alpha value is -3.87. The second-order valence-electron chi connectivity index (χ2n) is 8.40. The van der Waals surface area contributed by atoms with Crippen molar-refractivity contribution in [3.8, 4) is 11.4 Å². The van der Waals surface area contributed by atoms with E-state index in [0.717, 1.165) is 23.8 Å². The van der Waals surface area contributed by atoms with Crippen molar-refractivity contribution in [3.63, 3.8) is 0 Å². The van der Waals surface area contributed by atoms with Gasteiger partial charge < -0.3 is 15.0 Å². The summed E-state index contributed by atoms with van der Waals surface area (Å²) in [6, 6.07) is 13.0. The molecule has 1 aliphatic rings. The van der Waals surface area contributed by atoms with Crippen molar-refractivity contribution >= 4 is 27.5 Å². The molecule has 1 aromatic heterocycles. The summed E-state index contributed by atoms with van der Waals surface area (Å²) >= 11 is 0. The molecule has 37 heavy (non-hydrogen) atoms. The Labute approximate surface area is 211 Å². The van der Waals surface area contributed by atoms with Crippen LogP contribution in [-0.2, 0) is 16.2 Å². The standard InChI is InChI=1S/C24H24F3N5O4S/c1-36-19-11-9-18(10-12-19)32-20(15-21(29-32)24(25,26)27)23(33)28-17-7-5-16(6-8-17)22(30-37(2,34)35)31-13-3-4-14-31/h5-12,15H,3-4,13-14H2,1-2H3,(H,28,33)/b30-22+. The highest BCUT2D eigenvalue weighted by Crippen LogP contribution is 2.30. The first-order chi connectivity index (χ1) is 17.4. The number of alkyl halides is 3. The van der Waals surface area contributed by atoms with Crippen LogP contribution in [0.1, 0.15) is 34.6 Å². The van der Waals surface area contributed by atoms with Crippen molar-refractivity contribution in [3.05, 3.63) is 71.5 Å². The number of hydrogen-bond donors (Lipinski definition) is 1. The van der Waals surface area contributed by atoms with E-state index in [4.69, 9.17) is 4.74 Å². The van der Waals surface area contributed by atoms with Gasteiger partial charge in [-0.1, -0.05) is 0 Å². The van der Waals surface area contributed by atoms with Gasteiger partial charge in [0.05, 0.1) is 19.1 Å². The summed E-state index contributed by atoms with van der Waals surface area (Å²) < 4.78 is 73.7. The van der Waals surface area contributed by atoms with E-state index < -0.39 is 27.8 Å². The Morgan fingerprint density at radius 1 is 1.05 bits per heavy atom. The highest BCUT2D eigenvalue weighted by atomic mass is 32.2. The molecule has 1 amide bonds. The summed E-state index contributed by atoms with van der Waals surface area (Å²) in [6.45, 7) is 1.34. The highest BCUT2D eigenvalue weighted by molar-refractivity contribution is 7.89. The van der Waals surface area contributed by atoms with Crippen LogP contribution in [0, 0.1) is 0 Å². The van der Waals surface area contributed by atoms with Gasteiger partial charge in [-0.05, 0) is 61.4 Å². The molecule has 2 aromatic carbocycles. The lowest BCUT2D eigenvalue weighted by molar-refractivity contribution is -0.141. The van der Waals surface area contributed by atoms with Crippen LogP contribution in [0.3, 0.4) is 0 Å². The number of anilines is 1. The Kier molecular flexibility index (Phi) is 7.25. The fourth-order valence-corrected chi connectivity index (χ4v) is 4.41. The van der Waals surface area contributed by atoms with E-state index in [1.807, 2.05) is 4.90 Å². The first-order valence-electron chi connectivity index (χ1n) is 11.2. The number of amides is 1. The van der Waals surface area contributed by atoms with Gasteiger partial charge in [0.1, 0.15) is 17.3 Å². The predicted molar refractivity (Wildman–Crippen MR) is 132 cm³/mol. The van der Waals surface area contributed by atoms with Crippen LogP contribution in [0.15, 0.2) is 59.0 Å². The maximum Gasteiger partial charge on any atom is 0.435 e. The quantitative estimate of drug-likeness (QED) is 0.379. The molecule has 0 atom stereocenters. The Morgan fingerprint density at radius 3 is 2.22 bits per heavy atom. The third-order valence-corrected chi connectivity index (χ3v) is 6.11. The molecular weight excluding hydrogens is 511 g/mol. The number of nitrogens with zero attached hydrogens (tertiary/aromatic N) is 4. The third kappa shape index (κ3) is 6.28. The van der Waals surface area contributed by atoms with E-state index in [1.165, 1.54) is 31.4 Å². The molecular formula is C24H24F3N5O4S. The number of ether oxygens (including phenoxy) is 1. The van der Waals surface area contributed by atoms with Gasteiger partial charge in [0.25, 0.3) is 15.9 Å². The van der Waals surface area contributed by atoms with Crippen molar-refractivity contribution in [1.29, 1.82) is 0 Å². The Balaban J connectivity index is 1.62. The number of methoxy groups -OCH3 is 1. The van der Waals surface area contributed by atoms with Gasteiger partial charge in [0.15, 0.2) is 5.69 Å². The number of likely N-dealkylation sites (tertiary alicyclic amines) is 1. The SMILES string of the molecule is COc1ccc(-n2nc(C(F)(F)F)cc2C(=O)Nc2ccc(/C(=N\S(C)(=O)=O)N3CCCC3)cc2)cc1. The maximum atomic E-state index is 13.4. The smallest absolute Gasteiger partial charge is 0.435 e. The zero-order valence-electron chi connectivity index (χ0n) is 20.0. The van der Waals surface area contributed by atoms with Gasteiger partial charge in [-0.25, -0.2) is 13.1 Å². The monoisotopic (exact) mass is 535 g/mol. The van der Waals surface area contributed by atoms with E-state index in [9.17, 15) is 26.4 Å². The molecule has 0 aliphatic carbocycles. The number of rotatable bonds is 6. The normalized spacial score (nSPS) is 14.6. The number of carbonyl (C=O) groups is 1. The van der Waals surface area contributed by atoms with Crippen LogP contribution in [0.5, 0.6) is 5.75 Å². The minimum Gasteiger partial charge on any atom is -0.497 e. The molecule has 1 N–H and O–H groups in total. The lowest BCUT2D eigenvalue weighted by Gasteiger charge is -2.20. The fourth-order valence-electron chi connectivity index (χ4n) is 3.88. The van der Waals surface area contributed by atoms with Crippen LogP contribution < -0.4 is 10.1 Å². The Morgan fingerprint density at radius 2 is 1.68 bits per heavy atom. The van der Waals surface area contributed by atoms with Gasteiger partial charge in [-0.2, -0.15) is 18.3 Å². The second kappa shape index (κ2) is 10.2. The maximum absolute atomic E-state index is 13.4. The first kappa shape index (κ1) is 26.2. The summed E-state index contributed by atoms with van der Waals surface area (Å²) in [5, 5.41) is 6.17. The van der Waals surface area contributed by atoms with Crippen molar-refractivity contribution in [2.45, 2.75) is 19.0 Å². The molecule has 1 fully saturated rings. The van der Waals surface area contributed by atoms with Gasteiger partial charge in [0, 0.05) is 30.4 Å². The molecule has 0 radical (unpaired) electrons. The van der Waals surface area contributed by atoms with E-state index in [-0.39, 0.29) is 11.4 Å². The number of halogens is 3. The topological polar surface area (TPSA) is 106 Å². The lowest BCUT2D eigenvalue weighted by atomic mass is 10.1. The number of aromatic nitrogens is 2. The molecule has 13 heteroatoms. The van der Waals surface area contributed by atoms with Gasteiger partial charge >= 0.3 is 6.18 Å². The minimum absolute atomic E-state index is 0.240. The molecule has 0 saturated carbocycles. The number of sulfonamides is 1. The molecule has 0 bridgehead atoms. The first-order valence-corrected chi connectivity index (χ1v) is 13.1. The molecule has 0 spiro atoms.